The number of aromatic amines is 1. The van der Waals surface area contributed by atoms with Gasteiger partial charge in [-0.3, -0.25) is 4.79 Å². The number of hydrogen-bond donors (Lipinski definition) is 4. The summed E-state index contributed by atoms with van der Waals surface area (Å²) < 4.78 is 20.0. The molecule has 4 rings (SSSR count). The molecule has 0 spiro atoms. The highest BCUT2D eigenvalue weighted by Gasteiger charge is 2.22. The van der Waals surface area contributed by atoms with E-state index in [0.717, 1.165) is 55.4 Å². The molecule has 1 fully saturated rings. The number of nitrogens with one attached hydrogen (secondary N) is 3. The fourth-order valence-electron chi connectivity index (χ4n) is 4.55. The van der Waals surface area contributed by atoms with Crippen molar-refractivity contribution in [3.05, 3.63) is 59.0 Å². The maximum absolute atomic E-state index is 14.9. The van der Waals surface area contributed by atoms with Gasteiger partial charge < -0.3 is 26.1 Å². The number of halogens is 1. The second-order valence-corrected chi connectivity index (χ2v) is 8.42. The minimum absolute atomic E-state index is 0.318. The summed E-state index contributed by atoms with van der Waals surface area (Å²) in [6, 6.07) is 8.81. The number of H-pyrrole nitrogens is 1. The molecule has 3 aromatic rings. The number of aromatic nitrogens is 1. The van der Waals surface area contributed by atoms with Crippen LogP contribution in [0.15, 0.2) is 36.5 Å². The number of benzene rings is 2. The summed E-state index contributed by atoms with van der Waals surface area (Å²) in [5, 5.41) is 7.69. The lowest BCUT2D eigenvalue weighted by Crippen LogP contribution is -2.26. The van der Waals surface area contributed by atoms with Gasteiger partial charge in [0, 0.05) is 37.4 Å². The van der Waals surface area contributed by atoms with Crippen LogP contribution < -0.4 is 16.4 Å². The lowest BCUT2D eigenvalue weighted by molar-refractivity contribution is 0.100. The summed E-state index contributed by atoms with van der Waals surface area (Å²) in [5.74, 6) is -0.442. The van der Waals surface area contributed by atoms with E-state index in [4.69, 9.17) is 10.5 Å². The normalized spacial score (nSPS) is 14.8. The largest absolute Gasteiger partial charge is 0.385 e. The lowest BCUT2D eigenvalue weighted by Gasteiger charge is -2.22. The van der Waals surface area contributed by atoms with E-state index in [1.165, 1.54) is 11.6 Å². The molecule has 1 aliphatic heterocycles. The van der Waals surface area contributed by atoms with Gasteiger partial charge in [0.15, 0.2) is 0 Å². The van der Waals surface area contributed by atoms with Crippen LogP contribution in [0.4, 0.5) is 4.39 Å². The molecular weight excluding hydrogens is 407 g/mol. The Bertz CT molecular complexity index is 1090. The number of piperidine rings is 1. The van der Waals surface area contributed by atoms with E-state index in [-0.39, 0.29) is 5.82 Å². The summed E-state index contributed by atoms with van der Waals surface area (Å²) in [7, 11) is 1.69. The first-order valence-corrected chi connectivity index (χ1v) is 11.2. The van der Waals surface area contributed by atoms with Crippen molar-refractivity contribution in [1.29, 1.82) is 0 Å². The van der Waals surface area contributed by atoms with Crippen LogP contribution in [0.25, 0.3) is 22.0 Å². The van der Waals surface area contributed by atoms with Crippen LogP contribution in [0.1, 0.15) is 46.7 Å². The summed E-state index contributed by atoms with van der Waals surface area (Å²) in [6.45, 7) is 4.09. The standard InChI is InChI=1S/C25H31FN4O2/c1-32-10-2-7-29-14-16-3-4-23(26)19(11-16)18-12-20-22(17-5-8-28-9-6-17)15-30-24(20)21(13-18)25(27)31/h3-4,11-13,15,17,28-30H,2,5-10,14H2,1H3,(H2,27,31). The van der Waals surface area contributed by atoms with E-state index in [1.807, 2.05) is 18.3 Å². The van der Waals surface area contributed by atoms with Crippen LogP contribution in [-0.2, 0) is 11.3 Å². The topological polar surface area (TPSA) is 92.2 Å². The highest BCUT2D eigenvalue weighted by atomic mass is 19.1. The van der Waals surface area contributed by atoms with Crippen molar-refractivity contribution in [2.24, 2.45) is 5.73 Å². The molecule has 6 nitrogen and oxygen atoms in total. The molecule has 1 amide bonds. The number of ether oxygens (including phenoxy) is 1. The van der Waals surface area contributed by atoms with Crippen molar-refractivity contribution in [1.82, 2.24) is 15.6 Å². The minimum atomic E-state index is -0.521. The number of amides is 1. The Morgan fingerprint density at radius 3 is 2.81 bits per heavy atom. The Hall–Kier alpha value is -2.74. The third kappa shape index (κ3) is 4.85. The van der Waals surface area contributed by atoms with Crippen LogP contribution in [0, 0.1) is 5.82 Å². The minimum Gasteiger partial charge on any atom is -0.385 e. The van der Waals surface area contributed by atoms with Gasteiger partial charge in [-0.1, -0.05) is 6.07 Å². The van der Waals surface area contributed by atoms with Crippen LogP contribution in [0.2, 0.25) is 0 Å². The molecule has 0 bridgehead atoms. The number of fused-ring (bicyclic) bond motifs is 1. The zero-order chi connectivity index (χ0) is 22.5. The molecule has 1 saturated heterocycles. The second kappa shape index (κ2) is 10.3. The second-order valence-electron chi connectivity index (χ2n) is 8.42. The average Bonchev–Trinajstić information content (AvgIpc) is 3.24. The Morgan fingerprint density at radius 2 is 2.06 bits per heavy atom. The number of carbonyl (C=O) groups is 1. The van der Waals surface area contributed by atoms with E-state index in [2.05, 4.69) is 15.6 Å². The number of rotatable bonds is 9. The molecule has 7 heteroatoms. The van der Waals surface area contributed by atoms with Gasteiger partial charge in [-0.2, -0.15) is 0 Å². The van der Waals surface area contributed by atoms with E-state index < -0.39 is 5.91 Å². The first-order valence-electron chi connectivity index (χ1n) is 11.2. The van der Waals surface area contributed by atoms with Gasteiger partial charge in [0.25, 0.3) is 5.91 Å². The van der Waals surface area contributed by atoms with Crippen molar-refractivity contribution < 1.29 is 13.9 Å². The third-order valence-electron chi connectivity index (χ3n) is 6.24. The van der Waals surface area contributed by atoms with E-state index >= 15 is 0 Å². The van der Waals surface area contributed by atoms with Crippen LogP contribution >= 0.6 is 0 Å². The zero-order valence-corrected chi connectivity index (χ0v) is 18.5. The molecule has 2 heterocycles. The van der Waals surface area contributed by atoms with Crippen molar-refractivity contribution in [2.75, 3.05) is 33.4 Å². The molecule has 0 aliphatic carbocycles. The summed E-state index contributed by atoms with van der Waals surface area (Å²) in [5.41, 5.74) is 10.1. The zero-order valence-electron chi connectivity index (χ0n) is 18.5. The van der Waals surface area contributed by atoms with Gasteiger partial charge in [0.2, 0.25) is 0 Å². The van der Waals surface area contributed by atoms with Gasteiger partial charge in [-0.15, -0.1) is 0 Å². The smallest absolute Gasteiger partial charge is 0.250 e. The van der Waals surface area contributed by atoms with Gasteiger partial charge in [-0.05, 0) is 85.8 Å². The Labute approximate surface area is 187 Å². The summed E-state index contributed by atoms with van der Waals surface area (Å²) in [4.78, 5) is 15.5. The SMILES string of the molecule is COCCCNCc1ccc(F)c(-c2cc(C(N)=O)c3[nH]cc(C4CCNCC4)c3c2)c1. The third-order valence-corrected chi connectivity index (χ3v) is 6.24. The first-order chi connectivity index (χ1) is 15.6. The molecule has 0 atom stereocenters. The number of carbonyl (C=O) groups excluding carboxylic acids is 1. The molecule has 0 saturated carbocycles. The average molecular weight is 439 g/mol. The van der Waals surface area contributed by atoms with Crippen molar-refractivity contribution in [2.45, 2.75) is 31.7 Å². The first kappa shape index (κ1) is 22.5. The number of nitrogens with two attached hydrogens (primary N) is 1. The Balaban J connectivity index is 1.70. The van der Waals surface area contributed by atoms with Crippen LogP contribution in [0.5, 0.6) is 0 Å². The monoisotopic (exact) mass is 438 g/mol. The molecule has 170 valence electrons. The quantitative estimate of drug-likeness (QED) is 0.384. The predicted molar refractivity (Wildman–Crippen MR) is 125 cm³/mol. The van der Waals surface area contributed by atoms with Gasteiger partial charge >= 0.3 is 0 Å². The maximum atomic E-state index is 14.9. The fraction of sp³-hybridized carbons (Fsp3) is 0.400. The van der Waals surface area contributed by atoms with Crippen LogP contribution in [-0.4, -0.2) is 44.2 Å². The van der Waals surface area contributed by atoms with E-state index in [0.29, 0.717) is 35.8 Å². The van der Waals surface area contributed by atoms with Crippen molar-refractivity contribution >= 4 is 16.8 Å². The summed E-state index contributed by atoms with van der Waals surface area (Å²) >= 11 is 0. The molecule has 0 radical (unpaired) electrons. The molecular formula is C25H31FN4O2. The number of hydrogen-bond acceptors (Lipinski definition) is 4. The molecule has 2 aromatic carbocycles. The molecule has 5 N–H and O–H groups in total. The molecule has 0 unspecified atom stereocenters. The van der Waals surface area contributed by atoms with Gasteiger partial charge in [0.1, 0.15) is 5.82 Å². The highest BCUT2D eigenvalue weighted by molar-refractivity contribution is 6.07. The van der Waals surface area contributed by atoms with E-state index in [9.17, 15) is 9.18 Å². The predicted octanol–water partition coefficient (Wildman–Crippen LogP) is 3.67. The number of methoxy groups -OCH3 is 1. The van der Waals surface area contributed by atoms with Crippen molar-refractivity contribution in [3.8, 4) is 11.1 Å². The molecule has 1 aromatic heterocycles. The number of primary amides is 1. The maximum Gasteiger partial charge on any atom is 0.250 e. The Kier molecular flexibility index (Phi) is 7.19. The van der Waals surface area contributed by atoms with Crippen molar-refractivity contribution in [3.63, 3.8) is 0 Å². The van der Waals surface area contributed by atoms with Crippen LogP contribution in [0.3, 0.4) is 0 Å². The molecule has 32 heavy (non-hydrogen) atoms. The fourth-order valence-corrected chi connectivity index (χ4v) is 4.55. The molecule has 1 aliphatic rings. The van der Waals surface area contributed by atoms with Gasteiger partial charge in [-0.25, -0.2) is 4.39 Å². The lowest BCUT2D eigenvalue weighted by atomic mass is 9.88. The highest BCUT2D eigenvalue weighted by Crippen LogP contribution is 2.36. The summed E-state index contributed by atoms with van der Waals surface area (Å²) in [6.07, 6.45) is 4.95. The Morgan fingerprint density at radius 1 is 1.25 bits per heavy atom. The van der Waals surface area contributed by atoms with E-state index in [1.54, 1.807) is 19.2 Å². The van der Waals surface area contributed by atoms with Gasteiger partial charge in [0.05, 0.1) is 11.1 Å².